The highest BCUT2D eigenvalue weighted by Gasteiger charge is 2.43. The topological polar surface area (TPSA) is 76.6 Å². The molecular weight excluding hydrogens is 594 g/mol. The van der Waals surface area contributed by atoms with E-state index in [0.717, 1.165) is 46.0 Å². The normalized spacial score (nSPS) is 17.7. The van der Waals surface area contributed by atoms with Gasteiger partial charge in [-0.05, 0) is 66.5 Å². The number of anilines is 1. The largest absolute Gasteiger partial charge is 0.380 e. The molecule has 2 fully saturated rings. The van der Waals surface area contributed by atoms with Gasteiger partial charge < -0.3 is 19.9 Å². The van der Waals surface area contributed by atoms with Gasteiger partial charge in [-0.15, -0.1) is 0 Å². The zero-order valence-electron chi connectivity index (χ0n) is 25.7. The first-order valence-corrected chi connectivity index (χ1v) is 16.6. The molecule has 0 radical (unpaired) electrons. The van der Waals surface area contributed by atoms with Crippen LogP contribution in [0.4, 0.5) is 5.69 Å². The maximum atomic E-state index is 14.1. The SMILES string of the molecule is O=C(C1CCCN(c2c(-c3ccccc3)c3cc(Cl)ccc3[nH]c2=O)C1)N1CCC(C(O)(c2ccccc2)c2ccccc2)CC1. The van der Waals surface area contributed by atoms with Gasteiger partial charge in [0.05, 0.1) is 5.92 Å². The zero-order valence-corrected chi connectivity index (χ0v) is 26.5. The summed E-state index contributed by atoms with van der Waals surface area (Å²) in [5.74, 6) is -0.112. The van der Waals surface area contributed by atoms with E-state index in [9.17, 15) is 14.7 Å². The molecule has 1 aromatic heterocycles. The lowest BCUT2D eigenvalue weighted by Gasteiger charge is -2.43. The summed E-state index contributed by atoms with van der Waals surface area (Å²) in [5, 5.41) is 13.8. The molecule has 2 aliphatic rings. The summed E-state index contributed by atoms with van der Waals surface area (Å²) >= 11 is 6.44. The van der Waals surface area contributed by atoms with Gasteiger partial charge in [-0.1, -0.05) is 103 Å². The number of halogens is 1. The molecule has 2 aliphatic heterocycles. The van der Waals surface area contributed by atoms with E-state index >= 15 is 0 Å². The molecule has 1 atom stereocenters. The second-order valence-corrected chi connectivity index (χ2v) is 13.1. The maximum absolute atomic E-state index is 14.1. The molecule has 0 saturated carbocycles. The summed E-state index contributed by atoms with van der Waals surface area (Å²) in [6, 6.07) is 35.2. The predicted octanol–water partition coefficient (Wildman–Crippen LogP) is 7.24. The Morgan fingerprint density at radius 1 is 0.804 bits per heavy atom. The summed E-state index contributed by atoms with van der Waals surface area (Å²) in [6.07, 6.45) is 3.00. The molecule has 5 aromatic rings. The number of amides is 1. The van der Waals surface area contributed by atoms with Crippen molar-refractivity contribution in [3.63, 3.8) is 0 Å². The Labute approximate surface area is 274 Å². The fourth-order valence-electron chi connectivity index (χ4n) is 7.63. The average Bonchev–Trinajstić information content (AvgIpc) is 3.12. The Kier molecular flexibility index (Phi) is 8.41. The summed E-state index contributed by atoms with van der Waals surface area (Å²) < 4.78 is 0. The molecule has 4 aromatic carbocycles. The van der Waals surface area contributed by atoms with Crippen molar-refractivity contribution in [3.8, 4) is 11.1 Å². The van der Waals surface area contributed by atoms with Crippen molar-refractivity contribution in [2.75, 3.05) is 31.1 Å². The molecule has 6 nitrogen and oxygen atoms in total. The van der Waals surface area contributed by atoms with Gasteiger partial charge in [0.25, 0.3) is 5.56 Å². The molecule has 2 N–H and O–H groups in total. The van der Waals surface area contributed by atoms with Crippen LogP contribution in [0.5, 0.6) is 0 Å². The number of nitrogens with one attached hydrogen (secondary N) is 1. The Morgan fingerprint density at radius 3 is 2.04 bits per heavy atom. The lowest BCUT2D eigenvalue weighted by molar-refractivity contribution is -0.138. The van der Waals surface area contributed by atoms with E-state index in [-0.39, 0.29) is 23.3 Å². The van der Waals surface area contributed by atoms with Crippen LogP contribution in [0.3, 0.4) is 0 Å². The summed E-state index contributed by atoms with van der Waals surface area (Å²) in [5.41, 5.74) is 3.57. The third kappa shape index (κ3) is 5.61. The minimum Gasteiger partial charge on any atom is -0.380 e. The number of H-pyrrole nitrogens is 1. The van der Waals surface area contributed by atoms with Crippen molar-refractivity contribution in [2.24, 2.45) is 11.8 Å². The number of fused-ring (bicyclic) bond motifs is 1. The van der Waals surface area contributed by atoms with E-state index in [1.807, 2.05) is 108 Å². The third-order valence-corrected chi connectivity index (χ3v) is 10.2. The minimum atomic E-state index is -1.13. The summed E-state index contributed by atoms with van der Waals surface area (Å²) in [7, 11) is 0. The van der Waals surface area contributed by atoms with Crippen LogP contribution < -0.4 is 10.5 Å². The number of nitrogens with zero attached hydrogens (tertiary/aromatic N) is 2. The fourth-order valence-corrected chi connectivity index (χ4v) is 7.81. The van der Waals surface area contributed by atoms with E-state index < -0.39 is 5.60 Å². The van der Waals surface area contributed by atoms with Crippen LogP contribution in [-0.2, 0) is 10.4 Å². The van der Waals surface area contributed by atoms with Gasteiger partial charge in [-0.2, -0.15) is 0 Å². The van der Waals surface area contributed by atoms with Crippen LogP contribution >= 0.6 is 11.6 Å². The molecule has 3 heterocycles. The molecule has 46 heavy (non-hydrogen) atoms. The van der Waals surface area contributed by atoms with Crippen LogP contribution in [0.15, 0.2) is 114 Å². The number of aromatic amines is 1. The standard InChI is InChI=1S/C39H38ClN3O3/c40-32-18-19-34-33(25-32)35(27-11-4-1-5-12-27)36(37(44)41-34)43-22-10-13-28(26-43)38(45)42-23-20-31(21-24-42)39(46,29-14-6-2-7-15-29)30-16-8-3-9-17-30/h1-9,11-12,14-19,25,28,31,46H,10,13,20-24,26H2,(H,41,44). The number of aromatic nitrogens is 1. The van der Waals surface area contributed by atoms with E-state index in [4.69, 9.17) is 11.6 Å². The van der Waals surface area contributed by atoms with Gasteiger partial charge >= 0.3 is 0 Å². The van der Waals surface area contributed by atoms with Crippen molar-refractivity contribution in [1.29, 1.82) is 0 Å². The Hall–Kier alpha value is -4.39. The van der Waals surface area contributed by atoms with Crippen LogP contribution in [0.1, 0.15) is 36.8 Å². The van der Waals surface area contributed by atoms with Gasteiger partial charge in [-0.25, -0.2) is 0 Å². The maximum Gasteiger partial charge on any atom is 0.272 e. The van der Waals surface area contributed by atoms with E-state index in [0.29, 0.717) is 49.7 Å². The number of piperidine rings is 2. The van der Waals surface area contributed by atoms with Crippen LogP contribution in [0.2, 0.25) is 5.02 Å². The summed E-state index contributed by atoms with van der Waals surface area (Å²) in [6.45, 7) is 2.35. The van der Waals surface area contributed by atoms with E-state index in [1.165, 1.54) is 0 Å². The van der Waals surface area contributed by atoms with Crippen molar-refractivity contribution in [2.45, 2.75) is 31.3 Å². The number of hydrogen-bond acceptors (Lipinski definition) is 4. The third-order valence-electron chi connectivity index (χ3n) is 9.93. The average molecular weight is 632 g/mol. The lowest BCUT2D eigenvalue weighted by Crippen LogP contribution is -2.50. The molecule has 1 unspecified atom stereocenters. The highest BCUT2D eigenvalue weighted by Crippen LogP contribution is 2.42. The van der Waals surface area contributed by atoms with Crippen LogP contribution in [0, 0.1) is 11.8 Å². The number of benzene rings is 4. The molecule has 7 rings (SSSR count). The predicted molar refractivity (Wildman–Crippen MR) is 185 cm³/mol. The molecule has 234 valence electrons. The molecular formula is C39H38ClN3O3. The van der Waals surface area contributed by atoms with Gasteiger partial charge in [0.2, 0.25) is 5.91 Å². The van der Waals surface area contributed by atoms with Crippen molar-refractivity contribution in [3.05, 3.63) is 136 Å². The van der Waals surface area contributed by atoms with E-state index in [1.54, 1.807) is 6.07 Å². The van der Waals surface area contributed by atoms with Gasteiger partial charge in [0.1, 0.15) is 11.3 Å². The minimum absolute atomic E-state index is 0.0272. The number of carbonyl (C=O) groups is 1. The molecule has 1 amide bonds. The van der Waals surface area contributed by atoms with Crippen molar-refractivity contribution >= 4 is 34.1 Å². The number of rotatable bonds is 6. The Balaban J connectivity index is 1.13. The first kappa shape index (κ1) is 30.3. The number of carbonyl (C=O) groups excluding carboxylic acids is 1. The smallest absolute Gasteiger partial charge is 0.272 e. The first-order chi connectivity index (χ1) is 22.4. The molecule has 0 aliphatic carbocycles. The zero-order chi connectivity index (χ0) is 31.7. The number of aliphatic hydroxyl groups is 1. The van der Waals surface area contributed by atoms with Crippen LogP contribution in [-0.4, -0.2) is 47.1 Å². The van der Waals surface area contributed by atoms with E-state index in [2.05, 4.69) is 9.88 Å². The number of likely N-dealkylation sites (tertiary alicyclic amines) is 1. The molecule has 0 bridgehead atoms. The van der Waals surface area contributed by atoms with Crippen molar-refractivity contribution in [1.82, 2.24) is 9.88 Å². The number of hydrogen-bond donors (Lipinski definition) is 2. The fraction of sp³-hybridized carbons (Fsp3) is 0.282. The second-order valence-electron chi connectivity index (χ2n) is 12.6. The Morgan fingerprint density at radius 2 is 1.41 bits per heavy atom. The quantitative estimate of drug-likeness (QED) is 0.207. The monoisotopic (exact) mass is 631 g/mol. The van der Waals surface area contributed by atoms with Crippen molar-refractivity contribution < 1.29 is 9.90 Å². The highest BCUT2D eigenvalue weighted by atomic mass is 35.5. The molecule has 7 heteroatoms. The van der Waals surface area contributed by atoms with Gasteiger partial charge in [-0.3, -0.25) is 9.59 Å². The molecule has 0 spiro atoms. The van der Waals surface area contributed by atoms with Crippen LogP contribution in [0.25, 0.3) is 22.0 Å². The summed E-state index contributed by atoms with van der Waals surface area (Å²) in [4.78, 5) is 34.9. The second kappa shape index (κ2) is 12.8. The lowest BCUT2D eigenvalue weighted by atomic mass is 9.72. The number of pyridine rings is 1. The highest BCUT2D eigenvalue weighted by molar-refractivity contribution is 6.31. The molecule has 2 saturated heterocycles. The Bertz CT molecular complexity index is 1850. The first-order valence-electron chi connectivity index (χ1n) is 16.2. The van der Waals surface area contributed by atoms with Gasteiger partial charge in [0, 0.05) is 47.7 Å². The van der Waals surface area contributed by atoms with Gasteiger partial charge in [0.15, 0.2) is 0 Å².